The van der Waals surface area contributed by atoms with Gasteiger partial charge in [-0.2, -0.15) is 0 Å². The van der Waals surface area contributed by atoms with Gasteiger partial charge in [-0.25, -0.2) is 8.42 Å². The molecule has 34 heavy (non-hydrogen) atoms. The largest absolute Gasteiger partial charge is 0.476 e. The number of nitrogens with one attached hydrogen (secondary N) is 2. The highest BCUT2D eigenvalue weighted by Crippen LogP contribution is 2.35. The van der Waals surface area contributed by atoms with Crippen molar-refractivity contribution in [1.82, 2.24) is 5.32 Å². The minimum Gasteiger partial charge on any atom is -0.476 e. The van der Waals surface area contributed by atoms with Gasteiger partial charge in [0.1, 0.15) is 5.75 Å². The molecule has 0 aliphatic carbocycles. The quantitative estimate of drug-likeness (QED) is 0.564. The van der Waals surface area contributed by atoms with Crippen LogP contribution in [0.4, 0.5) is 11.4 Å². The predicted octanol–water partition coefficient (Wildman–Crippen LogP) is 3.34. The number of fused-ring (bicyclic) bond motifs is 1. The first-order chi connectivity index (χ1) is 16.2. The number of benzene rings is 3. The molecule has 2 atom stereocenters. The second-order valence-corrected chi connectivity index (χ2v) is 9.92. The summed E-state index contributed by atoms with van der Waals surface area (Å²) in [6, 6.07) is 22.6. The minimum absolute atomic E-state index is 0.179. The van der Waals surface area contributed by atoms with Gasteiger partial charge in [0.05, 0.1) is 35.8 Å². The fraction of sp³-hybridized carbons (Fsp3) is 0.200. The number of ether oxygens (including phenoxy) is 1. The highest BCUT2D eigenvalue weighted by Gasteiger charge is 2.35. The maximum absolute atomic E-state index is 13.1. The van der Waals surface area contributed by atoms with Gasteiger partial charge in [-0.3, -0.25) is 13.9 Å². The van der Waals surface area contributed by atoms with E-state index >= 15 is 0 Å². The zero-order valence-electron chi connectivity index (χ0n) is 18.8. The molecule has 0 bridgehead atoms. The van der Waals surface area contributed by atoms with Gasteiger partial charge in [-0.1, -0.05) is 54.6 Å². The lowest BCUT2D eigenvalue weighted by Crippen LogP contribution is -2.48. The number of anilines is 2. The topological polar surface area (TPSA) is 105 Å². The molecule has 9 heteroatoms. The van der Waals surface area contributed by atoms with Crippen molar-refractivity contribution in [2.75, 3.05) is 22.4 Å². The van der Waals surface area contributed by atoms with Gasteiger partial charge in [-0.05, 0) is 36.8 Å². The van der Waals surface area contributed by atoms with Gasteiger partial charge in [0, 0.05) is 0 Å². The maximum atomic E-state index is 13.1. The fourth-order valence-corrected chi connectivity index (χ4v) is 4.67. The molecular formula is C25H25N3O5S. The van der Waals surface area contributed by atoms with Crippen LogP contribution in [0.3, 0.4) is 0 Å². The van der Waals surface area contributed by atoms with Crippen LogP contribution in [0.15, 0.2) is 78.9 Å². The summed E-state index contributed by atoms with van der Waals surface area (Å²) in [5.41, 5.74) is 1.92. The highest BCUT2D eigenvalue weighted by atomic mass is 32.2. The molecule has 0 radical (unpaired) electrons. The number of amides is 2. The van der Waals surface area contributed by atoms with Crippen LogP contribution in [0.2, 0.25) is 0 Å². The zero-order valence-corrected chi connectivity index (χ0v) is 19.6. The van der Waals surface area contributed by atoms with E-state index < -0.39 is 22.0 Å². The van der Waals surface area contributed by atoms with Crippen LogP contribution in [-0.2, 0) is 14.8 Å². The van der Waals surface area contributed by atoms with E-state index in [1.807, 2.05) is 37.3 Å². The molecule has 0 unspecified atom stereocenters. The van der Waals surface area contributed by atoms with Crippen LogP contribution in [0, 0.1) is 0 Å². The molecule has 0 fully saturated rings. The molecule has 3 aromatic carbocycles. The van der Waals surface area contributed by atoms with Gasteiger partial charge in [0.2, 0.25) is 10.0 Å². The number of carbonyl (C=O) groups excluding carboxylic acids is 2. The first-order valence-electron chi connectivity index (χ1n) is 10.7. The van der Waals surface area contributed by atoms with Gasteiger partial charge >= 0.3 is 0 Å². The average molecular weight is 480 g/mol. The first-order valence-corrected chi connectivity index (χ1v) is 12.6. The zero-order chi connectivity index (χ0) is 24.3. The van der Waals surface area contributed by atoms with Crippen molar-refractivity contribution < 1.29 is 22.7 Å². The molecule has 4 rings (SSSR count). The number of rotatable bonds is 6. The van der Waals surface area contributed by atoms with Crippen LogP contribution in [0.5, 0.6) is 5.75 Å². The molecule has 1 heterocycles. The normalized spacial score (nSPS) is 16.1. The lowest BCUT2D eigenvalue weighted by atomic mass is 10.1. The van der Waals surface area contributed by atoms with Crippen LogP contribution in [-0.4, -0.2) is 39.1 Å². The monoisotopic (exact) mass is 479 g/mol. The molecule has 1 aliphatic rings. The van der Waals surface area contributed by atoms with Crippen LogP contribution in [0.25, 0.3) is 0 Å². The van der Waals surface area contributed by atoms with Crippen LogP contribution in [0.1, 0.15) is 28.9 Å². The molecule has 8 nitrogen and oxygen atoms in total. The third kappa shape index (κ3) is 5.04. The van der Waals surface area contributed by atoms with E-state index in [1.54, 1.807) is 48.5 Å². The number of carbonyl (C=O) groups is 2. The Balaban J connectivity index is 1.53. The molecule has 0 saturated carbocycles. The van der Waals surface area contributed by atoms with E-state index in [1.165, 1.54) is 0 Å². The Morgan fingerprint density at radius 2 is 1.62 bits per heavy atom. The standard InChI is InChI=1S/C25H25N3O5S/c1-17(18-10-4-3-5-11-18)26-24(29)19-12-6-7-13-20(19)27-25(30)23-16-28(34(2,31)32)21-14-8-9-15-22(21)33-23/h3-15,17,23H,16H2,1-2H3,(H,26,29)(H,27,30)/t17-,23-/m0/s1. The number of hydrogen-bond acceptors (Lipinski definition) is 5. The average Bonchev–Trinajstić information content (AvgIpc) is 2.83. The summed E-state index contributed by atoms with van der Waals surface area (Å²) in [6.07, 6.45) is -0.0126. The molecule has 0 saturated heterocycles. The maximum Gasteiger partial charge on any atom is 0.267 e. The second-order valence-electron chi connectivity index (χ2n) is 8.01. The van der Waals surface area contributed by atoms with Crippen molar-refractivity contribution in [1.29, 1.82) is 0 Å². The van der Waals surface area contributed by atoms with Crippen molar-refractivity contribution in [3.05, 3.63) is 90.0 Å². The van der Waals surface area contributed by atoms with Gasteiger partial charge in [0.15, 0.2) is 6.10 Å². The lowest BCUT2D eigenvalue weighted by molar-refractivity contribution is -0.122. The Morgan fingerprint density at radius 3 is 2.35 bits per heavy atom. The third-order valence-electron chi connectivity index (χ3n) is 5.50. The van der Waals surface area contributed by atoms with Crippen LogP contribution >= 0.6 is 0 Å². The summed E-state index contributed by atoms with van der Waals surface area (Å²) in [6.45, 7) is 1.70. The molecule has 0 aromatic heterocycles. The molecule has 2 amide bonds. The molecule has 2 N–H and O–H groups in total. The third-order valence-corrected chi connectivity index (χ3v) is 6.65. The summed E-state index contributed by atoms with van der Waals surface area (Å²) in [5.74, 6) is -0.610. The SMILES string of the molecule is C[C@H](NC(=O)c1ccccc1NC(=O)[C@@H]1CN(S(C)(=O)=O)c2ccccc2O1)c1ccccc1. The van der Waals surface area contributed by atoms with Crippen LogP contribution < -0.4 is 19.7 Å². The van der Waals surface area contributed by atoms with E-state index in [9.17, 15) is 18.0 Å². The number of nitrogens with zero attached hydrogens (tertiary/aromatic N) is 1. The molecule has 176 valence electrons. The summed E-state index contributed by atoms with van der Waals surface area (Å²) in [4.78, 5) is 26.1. The fourth-order valence-electron chi connectivity index (χ4n) is 3.76. The molecule has 1 aliphatic heterocycles. The Hall–Kier alpha value is -3.85. The van der Waals surface area contributed by atoms with E-state index in [0.29, 0.717) is 17.1 Å². The van der Waals surface area contributed by atoms with Crippen molar-refractivity contribution in [2.24, 2.45) is 0 Å². The Morgan fingerprint density at radius 1 is 0.971 bits per heavy atom. The van der Waals surface area contributed by atoms with Crippen molar-refractivity contribution in [2.45, 2.75) is 19.1 Å². The molecular weight excluding hydrogens is 454 g/mol. The van der Waals surface area contributed by atoms with E-state index in [2.05, 4.69) is 10.6 Å². The van der Waals surface area contributed by atoms with Crippen molar-refractivity contribution in [3.63, 3.8) is 0 Å². The Kier molecular flexibility index (Phi) is 6.56. The summed E-state index contributed by atoms with van der Waals surface area (Å²) in [7, 11) is -3.63. The van der Waals surface area contributed by atoms with Crippen molar-refractivity contribution in [3.8, 4) is 5.75 Å². The van der Waals surface area contributed by atoms with Gasteiger partial charge in [-0.15, -0.1) is 0 Å². The molecule has 3 aromatic rings. The number of hydrogen-bond donors (Lipinski definition) is 2. The predicted molar refractivity (Wildman–Crippen MR) is 130 cm³/mol. The summed E-state index contributed by atoms with van der Waals surface area (Å²) < 4.78 is 31.6. The number of para-hydroxylation sites is 3. The number of sulfonamides is 1. The van der Waals surface area contributed by atoms with Gasteiger partial charge in [0.25, 0.3) is 11.8 Å². The van der Waals surface area contributed by atoms with Crippen molar-refractivity contribution >= 4 is 33.2 Å². The van der Waals surface area contributed by atoms with E-state index in [-0.39, 0.29) is 24.1 Å². The lowest BCUT2D eigenvalue weighted by Gasteiger charge is -2.33. The first kappa shape index (κ1) is 23.3. The Labute approximate surface area is 198 Å². The van der Waals surface area contributed by atoms with Gasteiger partial charge < -0.3 is 15.4 Å². The summed E-state index contributed by atoms with van der Waals surface area (Å²) in [5, 5.41) is 5.67. The molecule has 0 spiro atoms. The minimum atomic E-state index is -3.63. The second kappa shape index (κ2) is 9.56. The van der Waals surface area contributed by atoms with E-state index in [4.69, 9.17) is 4.74 Å². The summed E-state index contributed by atoms with van der Waals surface area (Å²) >= 11 is 0. The van der Waals surface area contributed by atoms with E-state index in [0.717, 1.165) is 16.1 Å². The highest BCUT2D eigenvalue weighted by molar-refractivity contribution is 7.92. The Bertz CT molecular complexity index is 1310. The smallest absolute Gasteiger partial charge is 0.267 e.